The molecule has 1 aromatic carbocycles. The highest BCUT2D eigenvalue weighted by atomic mass is 19.1. The Balaban J connectivity index is 2.35. The van der Waals surface area contributed by atoms with Gasteiger partial charge in [-0.25, -0.2) is 9.18 Å². The Morgan fingerprint density at radius 3 is 2.55 bits per heavy atom. The van der Waals surface area contributed by atoms with E-state index in [0.717, 1.165) is 17.4 Å². The number of H-pyrrole nitrogens is 1. The summed E-state index contributed by atoms with van der Waals surface area (Å²) in [5.74, 6) is -1.11. The van der Waals surface area contributed by atoms with Crippen LogP contribution in [0.5, 0.6) is 5.88 Å². The Hall–Kier alpha value is -2.37. The summed E-state index contributed by atoms with van der Waals surface area (Å²) in [6.45, 7) is 1.80. The summed E-state index contributed by atoms with van der Waals surface area (Å²) in [4.78, 5) is 25.9. The van der Waals surface area contributed by atoms with Crippen LogP contribution in [-0.4, -0.2) is 14.7 Å². The zero-order valence-electron chi connectivity index (χ0n) is 10.8. The van der Waals surface area contributed by atoms with Crippen LogP contribution in [0.4, 0.5) is 4.39 Å². The van der Waals surface area contributed by atoms with Crippen LogP contribution in [-0.2, 0) is 5.54 Å². The topological polar surface area (TPSA) is 75.1 Å². The van der Waals surface area contributed by atoms with Gasteiger partial charge in [0.1, 0.15) is 11.4 Å². The highest BCUT2D eigenvalue weighted by molar-refractivity contribution is 5.68. The van der Waals surface area contributed by atoms with E-state index in [1.807, 2.05) is 0 Å². The summed E-state index contributed by atoms with van der Waals surface area (Å²) in [6.07, 6.45) is 1.45. The van der Waals surface area contributed by atoms with E-state index in [1.54, 1.807) is 13.0 Å². The number of halogens is 1. The molecule has 0 unspecified atom stereocenters. The van der Waals surface area contributed by atoms with Crippen molar-refractivity contribution in [3.8, 4) is 17.0 Å². The van der Waals surface area contributed by atoms with Gasteiger partial charge in [0.2, 0.25) is 5.88 Å². The van der Waals surface area contributed by atoms with Crippen LogP contribution < -0.4 is 11.2 Å². The van der Waals surface area contributed by atoms with Gasteiger partial charge in [0.05, 0.1) is 0 Å². The van der Waals surface area contributed by atoms with Crippen molar-refractivity contribution in [3.63, 3.8) is 0 Å². The first-order chi connectivity index (χ1) is 9.44. The molecule has 1 heterocycles. The van der Waals surface area contributed by atoms with E-state index in [-0.39, 0.29) is 11.1 Å². The molecule has 1 saturated carbocycles. The van der Waals surface area contributed by atoms with Crippen LogP contribution in [0.15, 0.2) is 33.9 Å². The van der Waals surface area contributed by atoms with Crippen molar-refractivity contribution in [3.05, 3.63) is 50.9 Å². The summed E-state index contributed by atoms with van der Waals surface area (Å²) >= 11 is 0. The smallest absolute Gasteiger partial charge is 0.331 e. The van der Waals surface area contributed by atoms with Crippen molar-refractivity contribution in [1.29, 1.82) is 0 Å². The number of benzene rings is 1. The molecule has 1 aromatic heterocycles. The van der Waals surface area contributed by atoms with Crippen LogP contribution in [0.1, 0.15) is 19.8 Å². The first-order valence-electron chi connectivity index (χ1n) is 6.28. The molecule has 104 valence electrons. The van der Waals surface area contributed by atoms with Gasteiger partial charge in [-0.2, -0.15) is 0 Å². The Kier molecular flexibility index (Phi) is 2.57. The number of hydrogen-bond acceptors (Lipinski definition) is 3. The number of nitrogens with zero attached hydrogens (tertiary/aromatic N) is 1. The van der Waals surface area contributed by atoms with Gasteiger partial charge in [-0.1, -0.05) is 18.2 Å². The molecule has 0 radical (unpaired) electrons. The lowest BCUT2D eigenvalue weighted by atomic mass is 10.1. The fraction of sp³-hybridized carbons (Fsp3) is 0.286. The number of rotatable bonds is 2. The summed E-state index contributed by atoms with van der Waals surface area (Å²) in [7, 11) is 0. The molecule has 2 N–H and O–H groups in total. The van der Waals surface area contributed by atoms with E-state index in [1.165, 1.54) is 18.2 Å². The van der Waals surface area contributed by atoms with Crippen molar-refractivity contribution >= 4 is 0 Å². The van der Waals surface area contributed by atoms with Gasteiger partial charge in [-0.3, -0.25) is 14.3 Å². The van der Waals surface area contributed by atoms with Gasteiger partial charge in [0.15, 0.2) is 0 Å². The van der Waals surface area contributed by atoms with Gasteiger partial charge >= 0.3 is 5.69 Å². The van der Waals surface area contributed by atoms with Gasteiger partial charge < -0.3 is 5.11 Å². The SMILES string of the molecule is CC1(n2c(O)c(-c3ccccc3F)c(=O)[nH]c2=O)CC1. The summed E-state index contributed by atoms with van der Waals surface area (Å²) in [5, 5.41) is 10.3. The molecule has 20 heavy (non-hydrogen) atoms. The second-order valence-electron chi connectivity index (χ2n) is 5.27. The third kappa shape index (κ3) is 1.76. The fourth-order valence-corrected chi connectivity index (χ4v) is 2.34. The van der Waals surface area contributed by atoms with Crippen molar-refractivity contribution in [2.45, 2.75) is 25.3 Å². The van der Waals surface area contributed by atoms with Gasteiger partial charge in [-0.05, 0) is 25.8 Å². The monoisotopic (exact) mass is 276 g/mol. The molecule has 0 amide bonds. The van der Waals surface area contributed by atoms with Gasteiger partial charge in [0, 0.05) is 11.1 Å². The lowest BCUT2D eigenvalue weighted by Crippen LogP contribution is -2.35. The van der Waals surface area contributed by atoms with Crippen LogP contribution in [0.3, 0.4) is 0 Å². The number of nitrogens with one attached hydrogen (secondary N) is 1. The van der Waals surface area contributed by atoms with E-state index in [9.17, 15) is 19.1 Å². The third-order valence-electron chi connectivity index (χ3n) is 3.74. The molecule has 1 aliphatic carbocycles. The standard InChI is InChI=1S/C14H13FN2O3/c1-14(6-7-14)17-12(19)10(11(18)16-13(17)20)8-4-2-3-5-9(8)15/h2-5,19H,6-7H2,1H3,(H,16,18,20). The molecular formula is C14H13FN2O3. The van der Waals surface area contributed by atoms with Gasteiger partial charge in [0.25, 0.3) is 5.56 Å². The molecule has 5 nitrogen and oxygen atoms in total. The lowest BCUT2D eigenvalue weighted by Gasteiger charge is -2.16. The largest absolute Gasteiger partial charge is 0.494 e. The Morgan fingerprint density at radius 1 is 1.30 bits per heavy atom. The van der Waals surface area contributed by atoms with Crippen molar-refractivity contribution in [2.24, 2.45) is 0 Å². The van der Waals surface area contributed by atoms with E-state index < -0.39 is 28.5 Å². The van der Waals surface area contributed by atoms with E-state index >= 15 is 0 Å². The number of aromatic nitrogens is 2. The molecule has 1 aliphatic rings. The van der Waals surface area contributed by atoms with Crippen LogP contribution in [0.25, 0.3) is 11.1 Å². The highest BCUT2D eigenvalue weighted by Crippen LogP contribution is 2.44. The second kappa shape index (κ2) is 4.06. The molecule has 0 saturated heterocycles. The lowest BCUT2D eigenvalue weighted by molar-refractivity contribution is 0.363. The maximum absolute atomic E-state index is 13.8. The minimum absolute atomic E-state index is 0.0238. The van der Waals surface area contributed by atoms with E-state index in [2.05, 4.69) is 4.98 Å². The third-order valence-corrected chi connectivity index (χ3v) is 3.74. The van der Waals surface area contributed by atoms with Crippen molar-refractivity contribution in [1.82, 2.24) is 9.55 Å². The molecular weight excluding hydrogens is 263 g/mol. The van der Waals surface area contributed by atoms with Crippen LogP contribution in [0.2, 0.25) is 0 Å². The average Bonchev–Trinajstić information content (AvgIpc) is 3.09. The van der Waals surface area contributed by atoms with Crippen molar-refractivity contribution in [2.75, 3.05) is 0 Å². The molecule has 6 heteroatoms. The predicted octanol–water partition coefficient (Wildman–Crippen LogP) is 1.56. The maximum atomic E-state index is 13.8. The Labute approximate surface area is 113 Å². The Morgan fingerprint density at radius 2 is 1.95 bits per heavy atom. The summed E-state index contributed by atoms with van der Waals surface area (Å²) in [5.41, 5.74) is -2.21. The number of hydrogen-bond donors (Lipinski definition) is 2. The Bertz CT molecular complexity index is 803. The average molecular weight is 276 g/mol. The molecule has 2 aromatic rings. The summed E-state index contributed by atoms with van der Waals surface area (Å²) < 4.78 is 15.0. The normalized spacial score (nSPS) is 16.1. The van der Waals surface area contributed by atoms with E-state index in [4.69, 9.17) is 0 Å². The minimum Gasteiger partial charge on any atom is -0.494 e. The van der Waals surface area contributed by atoms with E-state index in [0.29, 0.717) is 0 Å². The van der Waals surface area contributed by atoms with Gasteiger partial charge in [-0.15, -0.1) is 0 Å². The van der Waals surface area contributed by atoms with Crippen LogP contribution in [0, 0.1) is 5.82 Å². The van der Waals surface area contributed by atoms with Crippen molar-refractivity contribution < 1.29 is 9.50 Å². The maximum Gasteiger partial charge on any atom is 0.331 e. The minimum atomic E-state index is -0.793. The fourth-order valence-electron chi connectivity index (χ4n) is 2.34. The molecule has 0 aliphatic heterocycles. The first kappa shape index (κ1) is 12.7. The second-order valence-corrected chi connectivity index (χ2v) is 5.27. The quantitative estimate of drug-likeness (QED) is 0.874. The zero-order valence-corrected chi connectivity index (χ0v) is 10.8. The zero-order chi connectivity index (χ0) is 14.5. The molecule has 0 atom stereocenters. The van der Waals surface area contributed by atoms with Crippen LogP contribution >= 0.6 is 0 Å². The molecule has 0 spiro atoms. The number of aromatic amines is 1. The predicted molar refractivity (Wildman–Crippen MR) is 71.3 cm³/mol. The number of aromatic hydroxyl groups is 1. The molecule has 0 bridgehead atoms. The highest BCUT2D eigenvalue weighted by Gasteiger charge is 2.43. The molecule has 1 fully saturated rings. The summed E-state index contributed by atoms with van der Waals surface area (Å²) in [6, 6.07) is 5.64. The first-order valence-corrected chi connectivity index (χ1v) is 6.28. The molecule has 3 rings (SSSR count).